The van der Waals surface area contributed by atoms with Crippen LogP contribution in [0.2, 0.25) is 0 Å². The Bertz CT molecular complexity index is 549. The molecule has 4 heteroatoms. The third-order valence-corrected chi connectivity index (χ3v) is 3.49. The van der Waals surface area contributed by atoms with Gasteiger partial charge in [0.1, 0.15) is 0 Å². The van der Waals surface area contributed by atoms with Crippen molar-refractivity contribution in [2.24, 2.45) is 5.84 Å². The molecule has 1 aromatic carbocycles. The summed E-state index contributed by atoms with van der Waals surface area (Å²) >= 11 is 0. The number of hydrazine groups is 1. The molecule has 0 aliphatic carbocycles. The predicted octanol–water partition coefficient (Wildman–Crippen LogP) is 2.55. The molecule has 0 saturated heterocycles. The first kappa shape index (κ1) is 13.9. The molecule has 19 heavy (non-hydrogen) atoms. The number of nitrogens with one attached hydrogen (secondary N) is 1. The molecule has 1 unspecified atom stereocenters. The Morgan fingerprint density at radius 1 is 1.32 bits per heavy atom. The van der Waals surface area contributed by atoms with Crippen LogP contribution in [0.1, 0.15) is 31.9 Å². The van der Waals surface area contributed by atoms with Gasteiger partial charge in [0, 0.05) is 18.7 Å². The largest absolute Gasteiger partial charge is 0.379 e. The average molecular weight is 259 g/mol. The molecule has 102 valence electrons. The topological polar surface area (TPSA) is 60.2 Å². The van der Waals surface area contributed by atoms with Crippen LogP contribution in [0, 0.1) is 0 Å². The van der Waals surface area contributed by atoms with E-state index in [2.05, 4.69) is 42.5 Å². The Balaban J connectivity index is 2.41. The summed E-state index contributed by atoms with van der Waals surface area (Å²) in [5.41, 5.74) is 4.73. The molecule has 0 bridgehead atoms. The van der Waals surface area contributed by atoms with Crippen LogP contribution in [0.25, 0.3) is 10.9 Å². The minimum Gasteiger partial charge on any atom is -0.379 e. The second-order valence-electron chi connectivity index (χ2n) is 5.31. The van der Waals surface area contributed by atoms with Crippen molar-refractivity contribution in [3.05, 3.63) is 42.1 Å². The summed E-state index contributed by atoms with van der Waals surface area (Å²) in [7, 11) is 1.72. The molecular formula is C15H21N3O. The lowest BCUT2D eigenvalue weighted by molar-refractivity contribution is 0.00692. The Labute approximate surface area is 113 Å². The van der Waals surface area contributed by atoms with Gasteiger partial charge >= 0.3 is 0 Å². The maximum atomic E-state index is 5.72. The van der Waals surface area contributed by atoms with Gasteiger partial charge in [-0.05, 0) is 31.9 Å². The zero-order chi connectivity index (χ0) is 13.9. The van der Waals surface area contributed by atoms with E-state index in [9.17, 15) is 0 Å². The van der Waals surface area contributed by atoms with E-state index in [1.807, 2.05) is 12.1 Å². The molecule has 0 fully saturated rings. The summed E-state index contributed by atoms with van der Waals surface area (Å²) in [5, 5.41) is 1.12. The van der Waals surface area contributed by atoms with E-state index in [1.54, 1.807) is 13.3 Å². The van der Waals surface area contributed by atoms with E-state index in [0.717, 1.165) is 22.9 Å². The van der Waals surface area contributed by atoms with Gasteiger partial charge in [0.2, 0.25) is 0 Å². The normalized spacial score (nSPS) is 13.7. The van der Waals surface area contributed by atoms with Crippen molar-refractivity contribution in [2.75, 3.05) is 7.11 Å². The van der Waals surface area contributed by atoms with Crippen LogP contribution in [0.15, 0.2) is 36.5 Å². The van der Waals surface area contributed by atoms with Crippen LogP contribution in [-0.4, -0.2) is 17.7 Å². The van der Waals surface area contributed by atoms with Crippen molar-refractivity contribution in [1.82, 2.24) is 10.4 Å². The minimum atomic E-state index is -0.242. The highest BCUT2D eigenvalue weighted by molar-refractivity contribution is 5.82. The molecule has 1 atom stereocenters. The second-order valence-corrected chi connectivity index (χ2v) is 5.31. The lowest BCUT2D eigenvalue weighted by Gasteiger charge is -2.28. The van der Waals surface area contributed by atoms with E-state index >= 15 is 0 Å². The molecule has 0 aliphatic heterocycles. The van der Waals surface area contributed by atoms with Gasteiger partial charge < -0.3 is 4.74 Å². The zero-order valence-electron chi connectivity index (χ0n) is 11.7. The quantitative estimate of drug-likeness (QED) is 0.640. The third kappa shape index (κ3) is 3.10. The maximum absolute atomic E-state index is 5.72. The first-order chi connectivity index (χ1) is 9.07. The smallest absolute Gasteiger partial charge is 0.0750 e. The van der Waals surface area contributed by atoms with Crippen molar-refractivity contribution in [3.63, 3.8) is 0 Å². The fourth-order valence-electron chi connectivity index (χ4n) is 2.24. The Hall–Kier alpha value is -1.49. The molecule has 4 nitrogen and oxygen atoms in total. The maximum Gasteiger partial charge on any atom is 0.0750 e. The van der Waals surface area contributed by atoms with Crippen molar-refractivity contribution >= 4 is 10.9 Å². The zero-order valence-corrected chi connectivity index (χ0v) is 11.7. The van der Waals surface area contributed by atoms with E-state index in [-0.39, 0.29) is 11.6 Å². The number of pyridine rings is 1. The van der Waals surface area contributed by atoms with Gasteiger partial charge in [0.05, 0.1) is 17.2 Å². The van der Waals surface area contributed by atoms with Crippen LogP contribution in [0.5, 0.6) is 0 Å². The number of rotatable bonds is 5. The van der Waals surface area contributed by atoms with Crippen LogP contribution < -0.4 is 11.3 Å². The molecule has 0 saturated carbocycles. The van der Waals surface area contributed by atoms with Gasteiger partial charge in [-0.2, -0.15) is 0 Å². The average Bonchev–Trinajstić information content (AvgIpc) is 2.44. The molecule has 0 radical (unpaired) electrons. The number of aromatic nitrogens is 1. The highest BCUT2D eigenvalue weighted by Gasteiger charge is 2.24. The van der Waals surface area contributed by atoms with Gasteiger partial charge in [-0.3, -0.25) is 16.3 Å². The van der Waals surface area contributed by atoms with Crippen LogP contribution in [0.4, 0.5) is 0 Å². The number of nitrogens with two attached hydrogens (primary N) is 1. The van der Waals surface area contributed by atoms with Crippen molar-refractivity contribution in [1.29, 1.82) is 0 Å². The molecule has 1 heterocycles. The SMILES string of the molecule is COC(C)(C)CC(NN)c1cccc2cccnc12. The summed E-state index contributed by atoms with van der Waals surface area (Å²) in [5.74, 6) is 5.72. The first-order valence-corrected chi connectivity index (χ1v) is 6.42. The monoisotopic (exact) mass is 259 g/mol. The molecule has 2 rings (SSSR count). The number of ether oxygens (including phenoxy) is 1. The summed E-state index contributed by atoms with van der Waals surface area (Å²) in [4.78, 5) is 4.47. The molecule has 0 aliphatic rings. The molecule has 2 aromatic rings. The molecule has 0 amide bonds. The number of hydrogen-bond donors (Lipinski definition) is 2. The van der Waals surface area contributed by atoms with Gasteiger partial charge in [0.25, 0.3) is 0 Å². The Morgan fingerprint density at radius 3 is 2.74 bits per heavy atom. The lowest BCUT2D eigenvalue weighted by atomic mass is 9.92. The molecule has 0 spiro atoms. The van der Waals surface area contributed by atoms with Crippen LogP contribution >= 0.6 is 0 Å². The van der Waals surface area contributed by atoms with Crippen molar-refractivity contribution in [2.45, 2.75) is 31.9 Å². The van der Waals surface area contributed by atoms with Crippen LogP contribution in [-0.2, 0) is 4.74 Å². The van der Waals surface area contributed by atoms with Crippen molar-refractivity contribution < 1.29 is 4.74 Å². The summed E-state index contributed by atoms with van der Waals surface area (Å²) in [6.45, 7) is 4.10. The number of para-hydroxylation sites is 1. The van der Waals surface area contributed by atoms with Gasteiger partial charge in [-0.15, -0.1) is 0 Å². The highest BCUT2D eigenvalue weighted by Crippen LogP contribution is 2.29. The van der Waals surface area contributed by atoms with E-state index in [4.69, 9.17) is 10.6 Å². The van der Waals surface area contributed by atoms with Crippen molar-refractivity contribution in [3.8, 4) is 0 Å². The second kappa shape index (κ2) is 5.65. The Morgan fingerprint density at radius 2 is 2.05 bits per heavy atom. The number of hydrogen-bond acceptors (Lipinski definition) is 4. The fraction of sp³-hybridized carbons (Fsp3) is 0.400. The minimum absolute atomic E-state index is 0.00792. The third-order valence-electron chi connectivity index (χ3n) is 3.49. The predicted molar refractivity (Wildman–Crippen MR) is 77.5 cm³/mol. The lowest BCUT2D eigenvalue weighted by Crippen LogP contribution is -2.35. The standard InChI is InChI=1S/C15H21N3O/c1-15(2,19-3)10-13(18-16)12-8-4-6-11-7-5-9-17-14(11)12/h4-9,13,18H,10,16H2,1-3H3. The van der Waals surface area contributed by atoms with Gasteiger partial charge in [0.15, 0.2) is 0 Å². The Kier molecular flexibility index (Phi) is 4.14. The first-order valence-electron chi connectivity index (χ1n) is 6.42. The number of fused-ring (bicyclic) bond motifs is 1. The number of benzene rings is 1. The molecular weight excluding hydrogens is 238 g/mol. The highest BCUT2D eigenvalue weighted by atomic mass is 16.5. The number of nitrogens with zero attached hydrogens (tertiary/aromatic N) is 1. The molecule has 3 N–H and O–H groups in total. The summed E-state index contributed by atoms with van der Waals surface area (Å²) in [6, 6.07) is 10.2. The number of methoxy groups -OCH3 is 1. The van der Waals surface area contributed by atoms with E-state index in [0.29, 0.717) is 0 Å². The van der Waals surface area contributed by atoms with Gasteiger partial charge in [-0.25, -0.2) is 0 Å². The van der Waals surface area contributed by atoms with E-state index in [1.165, 1.54) is 0 Å². The molecule has 1 aromatic heterocycles. The summed E-state index contributed by atoms with van der Waals surface area (Å²) in [6.07, 6.45) is 2.58. The fourth-order valence-corrected chi connectivity index (χ4v) is 2.24. The summed E-state index contributed by atoms with van der Waals surface area (Å²) < 4.78 is 5.49. The van der Waals surface area contributed by atoms with Crippen LogP contribution in [0.3, 0.4) is 0 Å². The van der Waals surface area contributed by atoms with E-state index < -0.39 is 0 Å². The van der Waals surface area contributed by atoms with Gasteiger partial charge in [-0.1, -0.05) is 24.3 Å².